The number of hydrogen-bond acceptors (Lipinski definition) is 7. The number of ether oxygens (including phenoxy) is 1. The number of rotatable bonds is 5. The molecule has 3 rings (SSSR count). The second-order valence-electron chi connectivity index (χ2n) is 6.15. The number of halogens is 1. The SMILES string of the molecule is COc1nccnc1C(=O)Cc1ccc(F)c([C@]2(C)CCSC(N)=N2)c1. The summed E-state index contributed by atoms with van der Waals surface area (Å²) in [5.41, 5.74) is 6.37. The largest absolute Gasteiger partial charge is 0.479 e. The van der Waals surface area contributed by atoms with Crippen molar-refractivity contribution < 1.29 is 13.9 Å². The van der Waals surface area contributed by atoms with Gasteiger partial charge in [-0.2, -0.15) is 0 Å². The first kappa shape index (κ1) is 18.3. The van der Waals surface area contributed by atoms with E-state index in [9.17, 15) is 9.18 Å². The number of hydrogen-bond donors (Lipinski definition) is 1. The molecule has 0 bridgehead atoms. The number of benzene rings is 1. The van der Waals surface area contributed by atoms with Crippen LogP contribution in [0.25, 0.3) is 0 Å². The number of carbonyl (C=O) groups excluding carboxylic acids is 1. The van der Waals surface area contributed by atoms with Crippen molar-refractivity contribution in [2.45, 2.75) is 25.3 Å². The molecule has 0 aliphatic carbocycles. The molecule has 1 aliphatic rings. The second-order valence-corrected chi connectivity index (χ2v) is 7.27. The average molecular weight is 374 g/mol. The number of aromatic nitrogens is 2. The highest BCUT2D eigenvalue weighted by Crippen LogP contribution is 2.36. The predicted molar refractivity (Wildman–Crippen MR) is 99.1 cm³/mol. The molecule has 0 saturated heterocycles. The molecule has 6 nitrogen and oxygen atoms in total. The average Bonchev–Trinajstić information content (AvgIpc) is 2.63. The number of amidine groups is 1. The number of methoxy groups -OCH3 is 1. The summed E-state index contributed by atoms with van der Waals surface area (Å²) in [5.74, 6) is 0.336. The summed E-state index contributed by atoms with van der Waals surface area (Å²) in [6, 6.07) is 4.64. The van der Waals surface area contributed by atoms with Crippen LogP contribution in [0.1, 0.15) is 35.0 Å². The highest BCUT2D eigenvalue weighted by molar-refractivity contribution is 8.13. The van der Waals surface area contributed by atoms with Crippen molar-refractivity contribution in [3.05, 3.63) is 53.2 Å². The van der Waals surface area contributed by atoms with Gasteiger partial charge in [0.25, 0.3) is 0 Å². The van der Waals surface area contributed by atoms with Gasteiger partial charge in [-0.25, -0.2) is 14.4 Å². The summed E-state index contributed by atoms with van der Waals surface area (Å²) in [7, 11) is 1.43. The topological polar surface area (TPSA) is 90.5 Å². The van der Waals surface area contributed by atoms with Gasteiger partial charge in [-0.3, -0.25) is 9.79 Å². The number of aliphatic imine (C=N–C) groups is 1. The first-order valence-electron chi connectivity index (χ1n) is 8.08. The van der Waals surface area contributed by atoms with Crippen LogP contribution in [0.4, 0.5) is 4.39 Å². The van der Waals surface area contributed by atoms with Crippen molar-refractivity contribution >= 4 is 22.7 Å². The molecule has 2 heterocycles. The molecule has 26 heavy (non-hydrogen) atoms. The number of thioether (sulfide) groups is 1. The highest BCUT2D eigenvalue weighted by Gasteiger charge is 2.32. The standard InChI is InChI=1S/C18H19FN4O2S/c1-18(5-8-26-17(20)23-18)12-9-11(3-4-13(12)19)10-14(24)15-16(25-2)22-7-6-21-15/h3-4,6-7,9H,5,8,10H2,1-2H3,(H2,20,23)/t18-/m0/s1. The quantitative estimate of drug-likeness (QED) is 0.809. The molecule has 8 heteroatoms. The molecule has 2 N–H and O–H groups in total. The molecule has 2 aromatic rings. The number of carbonyl (C=O) groups is 1. The van der Waals surface area contributed by atoms with Crippen LogP contribution in [0.15, 0.2) is 35.6 Å². The Morgan fingerprint density at radius 3 is 2.88 bits per heavy atom. The Kier molecular flexibility index (Phi) is 5.22. The predicted octanol–water partition coefficient (Wildman–Crippen LogP) is 2.72. The lowest BCUT2D eigenvalue weighted by molar-refractivity contribution is 0.0984. The van der Waals surface area contributed by atoms with Gasteiger partial charge in [0.05, 0.1) is 12.6 Å². The van der Waals surface area contributed by atoms with Gasteiger partial charge in [0.2, 0.25) is 5.88 Å². The van der Waals surface area contributed by atoms with Gasteiger partial charge < -0.3 is 10.5 Å². The highest BCUT2D eigenvalue weighted by atomic mass is 32.2. The number of nitrogens with zero attached hydrogens (tertiary/aromatic N) is 3. The van der Waals surface area contributed by atoms with Crippen molar-refractivity contribution in [3.8, 4) is 5.88 Å². The summed E-state index contributed by atoms with van der Waals surface area (Å²) in [5, 5.41) is 0.448. The third kappa shape index (κ3) is 3.70. The van der Waals surface area contributed by atoms with Gasteiger partial charge in [0, 0.05) is 30.1 Å². The Morgan fingerprint density at radius 2 is 2.15 bits per heavy atom. The van der Waals surface area contributed by atoms with Crippen LogP contribution in [0.5, 0.6) is 5.88 Å². The van der Waals surface area contributed by atoms with Gasteiger partial charge in [-0.1, -0.05) is 17.8 Å². The van der Waals surface area contributed by atoms with Crippen molar-refractivity contribution in [3.63, 3.8) is 0 Å². The number of ketones is 1. The Bertz CT molecular complexity index is 874. The molecule has 1 atom stereocenters. The monoisotopic (exact) mass is 374 g/mol. The normalized spacial score (nSPS) is 19.7. The maximum Gasteiger partial charge on any atom is 0.243 e. The molecule has 1 aromatic heterocycles. The van der Waals surface area contributed by atoms with Crippen LogP contribution in [0, 0.1) is 5.82 Å². The summed E-state index contributed by atoms with van der Waals surface area (Å²) in [6.07, 6.45) is 3.62. The molecule has 1 aliphatic heterocycles. The zero-order valence-corrected chi connectivity index (χ0v) is 15.3. The minimum absolute atomic E-state index is 0.0619. The minimum Gasteiger partial charge on any atom is -0.479 e. The molecular weight excluding hydrogens is 355 g/mol. The summed E-state index contributed by atoms with van der Waals surface area (Å²) < 4.78 is 19.5. The van der Waals surface area contributed by atoms with Crippen LogP contribution in [0.3, 0.4) is 0 Å². The van der Waals surface area contributed by atoms with Crippen molar-refractivity contribution in [2.24, 2.45) is 10.7 Å². The zero-order chi connectivity index (χ0) is 18.7. The van der Waals surface area contributed by atoms with Crippen LogP contribution in [-0.4, -0.2) is 33.8 Å². The number of nitrogens with two attached hydrogens (primary N) is 1. The molecule has 136 valence electrons. The van der Waals surface area contributed by atoms with Gasteiger partial charge >= 0.3 is 0 Å². The lowest BCUT2D eigenvalue weighted by Crippen LogP contribution is -2.29. The molecule has 0 saturated carbocycles. The van der Waals surface area contributed by atoms with E-state index in [0.29, 0.717) is 22.7 Å². The van der Waals surface area contributed by atoms with Crippen LogP contribution in [0.2, 0.25) is 0 Å². The summed E-state index contributed by atoms with van der Waals surface area (Å²) in [4.78, 5) is 25.0. The maximum atomic E-state index is 14.5. The van der Waals surface area contributed by atoms with Gasteiger partial charge in [0.1, 0.15) is 5.82 Å². The van der Waals surface area contributed by atoms with E-state index in [0.717, 1.165) is 5.75 Å². The van der Waals surface area contributed by atoms with E-state index in [1.54, 1.807) is 12.1 Å². The minimum atomic E-state index is -0.733. The van der Waals surface area contributed by atoms with E-state index in [1.807, 2.05) is 6.92 Å². The van der Waals surface area contributed by atoms with E-state index in [2.05, 4.69) is 15.0 Å². The fraction of sp³-hybridized carbons (Fsp3) is 0.333. The Labute approximate surface area is 155 Å². The Hall–Kier alpha value is -2.48. The van der Waals surface area contributed by atoms with E-state index < -0.39 is 5.54 Å². The summed E-state index contributed by atoms with van der Waals surface area (Å²) >= 11 is 1.46. The third-order valence-corrected chi connectivity index (χ3v) is 5.09. The van der Waals surface area contributed by atoms with Crippen LogP contribution < -0.4 is 10.5 Å². The molecule has 0 radical (unpaired) electrons. The van der Waals surface area contributed by atoms with Crippen LogP contribution >= 0.6 is 11.8 Å². The van der Waals surface area contributed by atoms with Gasteiger partial charge in [-0.05, 0) is 31.0 Å². The molecule has 0 spiro atoms. The Balaban J connectivity index is 1.91. The van der Waals surface area contributed by atoms with E-state index in [4.69, 9.17) is 10.5 Å². The molecule has 1 aromatic carbocycles. The first-order valence-corrected chi connectivity index (χ1v) is 9.07. The van der Waals surface area contributed by atoms with Gasteiger partial charge in [-0.15, -0.1) is 0 Å². The Morgan fingerprint density at radius 1 is 1.38 bits per heavy atom. The van der Waals surface area contributed by atoms with Crippen LogP contribution in [-0.2, 0) is 12.0 Å². The van der Waals surface area contributed by atoms with Crippen molar-refractivity contribution in [2.75, 3.05) is 12.9 Å². The second kappa shape index (κ2) is 7.41. The third-order valence-electron chi connectivity index (χ3n) is 4.29. The smallest absolute Gasteiger partial charge is 0.243 e. The molecule has 0 amide bonds. The molecule has 0 unspecified atom stereocenters. The fourth-order valence-corrected chi connectivity index (χ4v) is 3.89. The lowest BCUT2D eigenvalue weighted by Gasteiger charge is -2.30. The maximum absolute atomic E-state index is 14.5. The van der Waals surface area contributed by atoms with E-state index in [1.165, 1.54) is 37.3 Å². The van der Waals surface area contributed by atoms with Gasteiger partial charge in [0.15, 0.2) is 16.6 Å². The molecular formula is C18H19FN4O2S. The molecule has 0 fully saturated rings. The van der Waals surface area contributed by atoms with E-state index in [-0.39, 0.29) is 29.6 Å². The lowest BCUT2D eigenvalue weighted by atomic mass is 9.87. The number of Topliss-reactive ketones (excluding diaryl/α,β-unsaturated/α-hetero) is 1. The first-order chi connectivity index (χ1) is 12.4. The zero-order valence-electron chi connectivity index (χ0n) is 14.5. The summed E-state index contributed by atoms with van der Waals surface area (Å²) in [6.45, 7) is 1.86. The van der Waals surface area contributed by atoms with Crippen molar-refractivity contribution in [1.29, 1.82) is 0 Å². The van der Waals surface area contributed by atoms with Crippen molar-refractivity contribution in [1.82, 2.24) is 9.97 Å². The fourth-order valence-electron chi connectivity index (χ4n) is 2.91. The van der Waals surface area contributed by atoms with E-state index >= 15 is 0 Å².